The third kappa shape index (κ3) is 4.46. The van der Waals surface area contributed by atoms with Crippen molar-refractivity contribution in [1.29, 1.82) is 0 Å². The quantitative estimate of drug-likeness (QED) is 0.608. The summed E-state index contributed by atoms with van der Waals surface area (Å²) in [6.45, 7) is 5.02. The lowest BCUT2D eigenvalue weighted by Crippen LogP contribution is -2.12. The number of thioether (sulfide) groups is 1. The van der Waals surface area contributed by atoms with E-state index in [0.29, 0.717) is 12.4 Å². The minimum Gasteiger partial charge on any atom is -0.338 e. The normalized spacial score (nSPS) is 16.9. The third-order valence-corrected chi connectivity index (χ3v) is 4.44. The van der Waals surface area contributed by atoms with Crippen LogP contribution in [0, 0.1) is 0 Å². The summed E-state index contributed by atoms with van der Waals surface area (Å²) < 4.78 is 5.18. The van der Waals surface area contributed by atoms with Crippen LogP contribution in [-0.4, -0.2) is 21.9 Å². The van der Waals surface area contributed by atoms with E-state index in [1.165, 1.54) is 32.1 Å². The average molecular weight is 267 g/mol. The van der Waals surface area contributed by atoms with E-state index in [1.54, 1.807) is 0 Å². The van der Waals surface area contributed by atoms with Crippen molar-refractivity contribution in [2.24, 2.45) is 0 Å². The molecule has 1 heterocycles. The van der Waals surface area contributed by atoms with Gasteiger partial charge < -0.3 is 9.84 Å². The minimum absolute atomic E-state index is 0.618. The molecule has 0 aliphatic heterocycles. The van der Waals surface area contributed by atoms with Gasteiger partial charge in [-0.15, -0.1) is 6.58 Å². The van der Waals surface area contributed by atoms with Gasteiger partial charge in [-0.3, -0.25) is 0 Å². The van der Waals surface area contributed by atoms with Crippen molar-refractivity contribution in [3.63, 3.8) is 0 Å². The van der Waals surface area contributed by atoms with E-state index in [0.717, 1.165) is 23.4 Å². The van der Waals surface area contributed by atoms with Crippen molar-refractivity contribution in [1.82, 2.24) is 15.5 Å². The molecule has 1 aromatic heterocycles. The largest absolute Gasteiger partial charge is 0.338 e. The van der Waals surface area contributed by atoms with Crippen LogP contribution in [0.5, 0.6) is 0 Å². The zero-order valence-corrected chi connectivity index (χ0v) is 11.5. The second-order valence-corrected chi connectivity index (χ2v) is 5.88. The third-order valence-electron chi connectivity index (χ3n) is 3.08. The van der Waals surface area contributed by atoms with Gasteiger partial charge >= 0.3 is 0 Å². The molecule has 1 aliphatic rings. The highest BCUT2D eigenvalue weighted by Crippen LogP contribution is 2.29. The molecule has 18 heavy (non-hydrogen) atoms. The first-order valence-electron chi connectivity index (χ1n) is 6.63. The summed E-state index contributed by atoms with van der Waals surface area (Å²) in [4.78, 5) is 4.37. The second-order valence-electron chi connectivity index (χ2n) is 4.59. The van der Waals surface area contributed by atoms with Crippen LogP contribution in [0.15, 0.2) is 17.2 Å². The van der Waals surface area contributed by atoms with Gasteiger partial charge in [0, 0.05) is 11.8 Å². The summed E-state index contributed by atoms with van der Waals surface area (Å²) in [5.74, 6) is 2.35. The van der Waals surface area contributed by atoms with E-state index in [2.05, 4.69) is 22.0 Å². The molecule has 0 amide bonds. The number of nitrogens with zero attached hydrogens (tertiary/aromatic N) is 2. The first kappa shape index (κ1) is 13.6. The van der Waals surface area contributed by atoms with Crippen LogP contribution >= 0.6 is 11.8 Å². The van der Waals surface area contributed by atoms with Gasteiger partial charge in [-0.05, 0) is 12.8 Å². The molecule has 100 valence electrons. The maximum Gasteiger partial charge on any atom is 0.240 e. The SMILES string of the molecule is C=CCNCc1nc(CSC2CCCCC2)no1. The Morgan fingerprint density at radius 3 is 3.00 bits per heavy atom. The predicted molar refractivity (Wildman–Crippen MR) is 74.4 cm³/mol. The fourth-order valence-corrected chi connectivity index (χ4v) is 3.29. The van der Waals surface area contributed by atoms with E-state index < -0.39 is 0 Å². The van der Waals surface area contributed by atoms with Gasteiger partial charge in [0.1, 0.15) is 0 Å². The average Bonchev–Trinajstić information content (AvgIpc) is 2.86. The van der Waals surface area contributed by atoms with E-state index in [1.807, 2.05) is 17.8 Å². The van der Waals surface area contributed by atoms with Gasteiger partial charge in [-0.1, -0.05) is 30.5 Å². The maximum absolute atomic E-state index is 5.18. The van der Waals surface area contributed by atoms with Crippen LogP contribution in [-0.2, 0) is 12.3 Å². The van der Waals surface area contributed by atoms with Crippen molar-refractivity contribution in [3.05, 3.63) is 24.4 Å². The highest BCUT2D eigenvalue weighted by Gasteiger charge is 2.15. The van der Waals surface area contributed by atoms with Crippen molar-refractivity contribution >= 4 is 11.8 Å². The molecule has 2 rings (SSSR count). The Labute approximate surface area is 113 Å². The minimum atomic E-state index is 0.618. The molecule has 0 radical (unpaired) electrons. The molecule has 0 spiro atoms. The lowest BCUT2D eigenvalue weighted by molar-refractivity contribution is 0.366. The first-order valence-corrected chi connectivity index (χ1v) is 7.68. The van der Waals surface area contributed by atoms with Crippen molar-refractivity contribution < 1.29 is 4.52 Å². The van der Waals surface area contributed by atoms with Crippen LogP contribution < -0.4 is 5.32 Å². The molecule has 1 aromatic rings. The van der Waals surface area contributed by atoms with Gasteiger partial charge in [0.25, 0.3) is 0 Å². The zero-order chi connectivity index (χ0) is 12.6. The molecule has 0 aromatic carbocycles. The molecule has 4 nitrogen and oxygen atoms in total. The summed E-state index contributed by atoms with van der Waals surface area (Å²) in [5, 5.41) is 7.95. The zero-order valence-electron chi connectivity index (χ0n) is 10.7. The van der Waals surface area contributed by atoms with Crippen LogP contribution in [0.25, 0.3) is 0 Å². The van der Waals surface area contributed by atoms with Crippen molar-refractivity contribution in [3.8, 4) is 0 Å². The lowest BCUT2D eigenvalue weighted by Gasteiger charge is -2.19. The van der Waals surface area contributed by atoms with Crippen LogP contribution in [0.4, 0.5) is 0 Å². The predicted octanol–water partition coefficient (Wildman–Crippen LogP) is 2.91. The summed E-state index contributed by atoms with van der Waals surface area (Å²) >= 11 is 1.97. The molecule has 1 aliphatic carbocycles. The Kier molecular flexibility index (Phi) is 5.74. The Morgan fingerprint density at radius 1 is 1.39 bits per heavy atom. The number of aromatic nitrogens is 2. The Balaban J connectivity index is 1.70. The standard InChI is InChI=1S/C13H21N3OS/c1-2-8-14-9-13-15-12(16-17-13)10-18-11-6-4-3-5-7-11/h2,11,14H,1,3-10H2. The number of rotatable bonds is 7. The molecule has 0 saturated heterocycles. The molecule has 1 fully saturated rings. The summed E-state index contributed by atoms with van der Waals surface area (Å²) in [6.07, 6.45) is 8.66. The van der Waals surface area contributed by atoms with E-state index in [9.17, 15) is 0 Å². The van der Waals surface area contributed by atoms with E-state index in [4.69, 9.17) is 4.52 Å². The summed E-state index contributed by atoms with van der Waals surface area (Å²) in [6, 6.07) is 0. The molecular weight excluding hydrogens is 246 g/mol. The second kappa shape index (κ2) is 7.59. The van der Waals surface area contributed by atoms with E-state index >= 15 is 0 Å². The number of nitrogens with one attached hydrogen (secondary N) is 1. The molecule has 1 saturated carbocycles. The maximum atomic E-state index is 5.18. The highest BCUT2D eigenvalue weighted by atomic mass is 32.2. The number of hydrogen-bond donors (Lipinski definition) is 1. The van der Waals surface area contributed by atoms with Crippen LogP contribution in [0.3, 0.4) is 0 Å². The Morgan fingerprint density at radius 2 is 2.22 bits per heavy atom. The van der Waals surface area contributed by atoms with E-state index in [-0.39, 0.29) is 0 Å². The Bertz CT molecular complexity index is 361. The molecule has 0 unspecified atom stereocenters. The monoisotopic (exact) mass is 267 g/mol. The van der Waals surface area contributed by atoms with Gasteiger partial charge in [0.2, 0.25) is 5.89 Å². The molecular formula is C13H21N3OS. The van der Waals surface area contributed by atoms with Crippen molar-refractivity contribution in [2.75, 3.05) is 6.54 Å². The summed E-state index contributed by atoms with van der Waals surface area (Å²) in [5.41, 5.74) is 0. The first-order chi connectivity index (χ1) is 8.88. The molecule has 0 bridgehead atoms. The van der Waals surface area contributed by atoms with Gasteiger partial charge in [-0.2, -0.15) is 16.7 Å². The smallest absolute Gasteiger partial charge is 0.240 e. The van der Waals surface area contributed by atoms with Gasteiger partial charge in [0.05, 0.1) is 12.3 Å². The fourth-order valence-electron chi connectivity index (χ4n) is 2.13. The Hall–Kier alpha value is -0.810. The number of hydrogen-bond acceptors (Lipinski definition) is 5. The lowest BCUT2D eigenvalue weighted by atomic mass is 10.0. The van der Waals surface area contributed by atoms with Crippen molar-refractivity contribution in [2.45, 2.75) is 49.7 Å². The van der Waals surface area contributed by atoms with Gasteiger partial charge in [-0.25, -0.2) is 0 Å². The van der Waals surface area contributed by atoms with Crippen LogP contribution in [0.1, 0.15) is 43.8 Å². The summed E-state index contributed by atoms with van der Waals surface area (Å²) in [7, 11) is 0. The van der Waals surface area contributed by atoms with Crippen LogP contribution in [0.2, 0.25) is 0 Å². The molecule has 0 atom stereocenters. The highest BCUT2D eigenvalue weighted by molar-refractivity contribution is 7.99. The molecule has 1 N–H and O–H groups in total. The molecule has 5 heteroatoms. The topological polar surface area (TPSA) is 51.0 Å². The fraction of sp³-hybridized carbons (Fsp3) is 0.692. The van der Waals surface area contributed by atoms with Gasteiger partial charge in [0.15, 0.2) is 5.82 Å².